The second-order valence-corrected chi connectivity index (χ2v) is 1.52. The molecule has 0 bridgehead atoms. The third kappa shape index (κ3) is 15.6. The summed E-state index contributed by atoms with van der Waals surface area (Å²) in [5.74, 6) is 0. The van der Waals surface area contributed by atoms with Crippen molar-refractivity contribution in [2.24, 2.45) is 0 Å². The molecule has 0 spiro atoms. The molecule has 10 heavy (non-hydrogen) atoms. The summed E-state index contributed by atoms with van der Waals surface area (Å²) >= 11 is 0. The van der Waals surface area contributed by atoms with Gasteiger partial charge in [-0.3, -0.25) is 0 Å². The minimum Gasteiger partial charge on any atom is -0.198 e. The van der Waals surface area contributed by atoms with E-state index in [1.807, 2.05) is 12.1 Å². The van der Waals surface area contributed by atoms with E-state index in [1.54, 1.807) is 0 Å². The first kappa shape index (κ1) is 16.3. The van der Waals surface area contributed by atoms with Gasteiger partial charge in [-0.15, -0.1) is 24.8 Å². The predicted molar refractivity (Wildman–Crippen MR) is 44.2 cm³/mol. The number of hydrogen-bond donors (Lipinski definition) is 0. The molecule has 0 unspecified atom stereocenters. The topological polar surface area (TPSA) is 47.6 Å². The highest BCUT2D eigenvalue weighted by atomic mass is 35.5. The highest BCUT2D eigenvalue weighted by Gasteiger charge is 1.83. The minimum absolute atomic E-state index is 0. The lowest BCUT2D eigenvalue weighted by Crippen LogP contribution is -1.70. The van der Waals surface area contributed by atoms with Crippen LogP contribution < -0.4 is 0 Å². The minimum atomic E-state index is 0. The van der Waals surface area contributed by atoms with E-state index in [2.05, 4.69) is 0 Å². The second kappa shape index (κ2) is 15.8. The van der Waals surface area contributed by atoms with E-state index in [1.165, 1.54) is 0 Å². The van der Waals surface area contributed by atoms with Crippen LogP contribution in [-0.4, -0.2) is 0 Å². The Labute approximate surface area is 73.7 Å². The molecule has 0 aromatic carbocycles. The molecule has 0 radical (unpaired) electrons. The van der Waals surface area contributed by atoms with Gasteiger partial charge in [-0.25, -0.2) is 0 Å². The Kier molecular flexibility index (Phi) is 25.8. The van der Waals surface area contributed by atoms with Gasteiger partial charge in [0.25, 0.3) is 0 Å². The number of nitrogens with zero attached hydrogens (tertiary/aromatic N) is 2. The van der Waals surface area contributed by atoms with Gasteiger partial charge < -0.3 is 0 Å². The van der Waals surface area contributed by atoms with Crippen molar-refractivity contribution in [2.75, 3.05) is 0 Å². The maximum absolute atomic E-state index is 8.03. The van der Waals surface area contributed by atoms with Crippen molar-refractivity contribution in [3.8, 4) is 12.1 Å². The first-order valence-electron chi connectivity index (χ1n) is 2.65. The van der Waals surface area contributed by atoms with Gasteiger partial charge in [-0.05, 0) is 12.8 Å². The van der Waals surface area contributed by atoms with Crippen LogP contribution in [0.1, 0.15) is 25.7 Å². The number of rotatable bonds is 3. The predicted octanol–water partition coefficient (Wildman–Crippen LogP) is 2.44. The second-order valence-electron chi connectivity index (χ2n) is 1.52. The Bertz CT molecular complexity index is 107. The first-order valence-corrected chi connectivity index (χ1v) is 2.65. The summed E-state index contributed by atoms with van der Waals surface area (Å²) in [7, 11) is 0. The highest BCUT2D eigenvalue weighted by Crippen LogP contribution is 1.95. The molecule has 0 N–H and O–H groups in total. The first-order chi connectivity index (χ1) is 3.91. The van der Waals surface area contributed by atoms with Gasteiger partial charge in [0, 0.05) is 12.8 Å². The largest absolute Gasteiger partial charge is 0.198 e. The molecule has 0 amide bonds. The fourth-order valence-corrected chi connectivity index (χ4v) is 0.408. The van der Waals surface area contributed by atoms with Crippen molar-refractivity contribution >= 4 is 24.8 Å². The third-order valence-corrected chi connectivity index (χ3v) is 0.827. The van der Waals surface area contributed by atoms with E-state index in [0.29, 0.717) is 12.8 Å². The summed E-state index contributed by atoms with van der Waals surface area (Å²) in [4.78, 5) is 0. The lowest BCUT2D eigenvalue weighted by molar-refractivity contribution is 0.773. The van der Waals surface area contributed by atoms with Crippen LogP contribution in [0, 0.1) is 22.7 Å². The molecule has 0 aliphatic rings. The molecule has 2 nitrogen and oxygen atoms in total. The van der Waals surface area contributed by atoms with Gasteiger partial charge in [0.2, 0.25) is 0 Å². The third-order valence-electron chi connectivity index (χ3n) is 0.827. The molecule has 0 rings (SSSR count). The van der Waals surface area contributed by atoms with Crippen molar-refractivity contribution in [3.63, 3.8) is 0 Å². The van der Waals surface area contributed by atoms with Crippen LogP contribution in [0.2, 0.25) is 0 Å². The van der Waals surface area contributed by atoms with Crippen LogP contribution in [-0.2, 0) is 0 Å². The SMILES string of the molecule is Cl.Cl.N#CCCCCC#N. The fraction of sp³-hybridized carbons (Fsp3) is 0.667. The summed E-state index contributed by atoms with van der Waals surface area (Å²) < 4.78 is 0. The molecule has 0 saturated carbocycles. The van der Waals surface area contributed by atoms with Crippen LogP contribution >= 0.6 is 24.8 Å². The number of unbranched alkanes of at least 4 members (excludes halogenated alkanes) is 3. The molecular formula is C6H10Cl2N2. The lowest BCUT2D eigenvalue weighted by Gasteiger charge is -1.83. The van der Waals surface area contributed by atoms with Gasteiger partial charge in [0.1, 0.15) is 0 Å². The van der Waals surface area contributed by atoms with Crippen molar-refractivity contribution < 1.29 is 0 Å². The van der Waals surface area contributed by atoms with Crippen LogP contribution in [0.4, 0.5) is 0 Å². The highest BCUT2D eigenvalue weighted by molar-refractivity contribution is 5.85. The molecule has 4 heteroatoms. The average molecular weight is 181 g/mol. The Morgan fingerprint density at radius 3 is 1.30 bits per heavy atom. The van der Waals surface area contributed by atoms with E-state index in [9.17, 15) is 0 Å². The van der Waals surface area contributed by atoms with Gasteiger partial charge in [0.05, 0.1) is 12.1 Å². The van der Waals surface area contributed by atoms with E-state index in [0.717, 1.165) is 12.8 Å². The van der Waals surface area contributed by atoms with E-state index < -0.39 is 0 Å². The zero-order valence-electron chi connectivity index (χ0n) is 5.54. The molecule has 0 saturated heterocycles. The monoisotopic (exact) mass is 180 g/mol. The molecule has 0 fully saturated rings. The Morgan fingerprint density at radius 1 is 0.800 bits per heavy atom. The summed E-state index contributed by atoms with van der Waals surface area (Å²) in [5.41, 5.74) is 0. The molecule has 0 heterocycles. The van der Waals surface area contributed by atoms with Crippen LogP contribution in [0.15, 0.2) is 0 Å². The number of halogens is 2. The van der Waals surface area contributed by atoms with E-state index >= 15 is 0 Å². The van der Waals surface area contributed by atoms with Crippen LogP contribution in [0.3, 0.4) is 0 Å². The zero-order valence-corrected chi connectivity index (χ0v) is 7.17. The summed E-state index contributed by atoms with van der Waals surface area (Å²) in [6.45, 7) is 0. The quantitative estimate of drug-likeness (QED) is 0.627. The van der Waals surface area contributed by atoms with E-state index in [-0.39, 0.29) is 24.8 Å². The average Bonchev–Trinajstić information content (AvgIpc) is 1.81. The maximum Gasteiger partial charge on any atom is 0.0621 e. The van der Waals surface area contributed by atoms with Crippen molar-refractivity contribution in [1.82, 2.24) is 0 Å². The van der Waals surface area contributed by atoms with Gasteiger partial charge in [-0.1, -0.05) is 0 Å². The normalized spacial score (nSPS) is 5.80. The van der Waals surface area contributed by atoms with Crippen molar-refractivity contribution in [2.45, 2.75) is 25.7 Å². The molecule has 58 valence electrons. The van der Waals surface area contributed by atoms with Gasteiger partial charge in [-0.2, -0.15) is 10.5 Å². The molecule has 0 aromatic heterocycles. The zero-order chi connectivity index (χ0) is 6.24. The standard InChI is InChI=1S/C6H8N2.2ClH/c7-5-3-1-2-4-6-8;;/h1-4H2;2*1H. The molecule has 0 aromatic rings. The number of nitriles is 2. The molecule has 0 aliphatic carbocycles. The van der Waals surface area contributed by atoms with E-state index in [4.69, 9.17) is 10.5 Å². The maximum atomic E-state index is 8.03. The van der Waals surface area contributed by atoms with Crippen LogP contribution in [0.5, 0.6) is 0 Å². The van der Waals surface area contributed by atoms with Crippen molar-refractivity contribution in [1.29, 1.82) is 10.5 Å². The Hall–Kier alpha value is -0.440. The van der Waals surface area contributed by atoms with Gasteiger partial charge >= 0.3 is 0 Å². The lowest BCUT2D eigenvalue weighted by atomic mass is 10.2. The molecule has 0 aliphatic heterocycles. The fourth-order valence-electron chi connectivity index (χ4n) is 0.408. The molecular weight excluding hydrogens is 171 g/mol. The number of hydrogen-bond acceptors (Lipinski definition) is 2. The Morgan fingerprint density at radius 2 is 1.10 bits per heavy atom. The smallest absolute Gasteiger partial charge is 0.0621 e. The van der Waals surface area contributed by atoms with Crippen LogP contribution in [0.25, 0.3) is 0 Å². The molecule has 0 atom stereocenters. The Balaban J connectivity index is -0.000000245. The summed E-state index contributed by atoms with van der Waals surface area (Å²) in [6.07, 6.45) is 2.90. The summed E-state index contributed by atoms with van der Waals surface area (Å²) in [5, 5.41) is 16.1. The van der Waals surface area contributed by atoms with Gasteiger partial charge in [0.15, 0.2) is 0 Å². The van der Waals surface area contributed by atoms with Crippen molar-refractivity contribution in [3.05, 3.63) is 0 Å². The summed E-state index contributed by atoms with van der Waals surface area (Å²) in [6, 6.07) is 4.03.